The molecule has 6 atom stereocenters. The van der Waals surface area contributed by atoms with Crippen molar-refractivity contribution in [1.29, 1.82) is 0 Å². The largest absolute Gasteiger partial charge is 0.481 e. The Morgan fingerprint density at radius 2 is 0.880 bits per heavy atom. The van der Waals surface area contributed by atoms with Crippen LogP contribution in [-0.4, -0.2) is 127 Å². The van der Waals surface area contributed by atoms with Crippen LogP contribution in [0.5, 0.6) is 0 Å². The van der Waals surface area contributed by atoms with Gasteiger partial charge in [-0.15, -0.1) is 0 Å². The molecule has 0 heterocycles. The predicted octanol–water partition coefficient (Wildman–Crippen LogP) is -4.97. The van der Waals surface area contributed by atoms with Crippen molar-refractivity contribution >= 4 is 65.3 Å². The maximum atomic E-state index is 13.1. The van der Waals surface area contributed by atoms with Gasteiger partial charge >= 0.3 is 29.8 Å². The summed E-state index contributed by atoms with van der Waals surface area (Å²) in [7, 11) is 0. The number of carbonyl (C=O) groups excluding carboxylic acids is 6. The highest BCUT2D eigenvalue weighted by Crippen LogP contribution is 2.08. The predicted molar refractivity (Wildman–Crippen MR) is 162 cm³/mol. The summed E-state index contributed by atoms with van der Waals surface area (Å²) in [5.74, 6) is -16.0. The second kappa shape index (κ2) is 21.2. The zero-order valence-electron chi connectivity index (χ0n) is 26.9. The molecule has 0 saturated heterocycles. The maximum absolute atomic E-state index is 13.1. The lowest BCUT2D eigenvalue weighted by Gasteiger charge is -2.27. The van der Waals surface area contributed by atoms with Crippen LogP contribution < -0.4 is 38.1 Å². The lowest BCUT2D eigenvalue weighted by Crippen LogP contribution is -2.60. The number of rotatable bonds is 24. The molecule has 0 radical (unpaired) electrons. The van der Waals surface area contributed by atoms with Gasteiger partial charge in [0.1, 0.15) is 30.2 Å². The van der Waals surface area contributed by atoms with Gasteiger partial charge in [-0.3, -0.25) is 47.9 Å². The molecule has 0 bridgehead atoms. The molecule has 0 aliphatic rings. The molecular weight excluding hydrogens is 678 g/mol. The first-order chi connectivity index (χ1) is 23.0. The maximum Gasteiger partial charge on any atom is 0.326 e. The summed E-state index contributed by atoms with van der Waals surface area (Å²) in [6.45, 7) is 2.80. The van der Waals surface area contributed by atoms with E-state index in [0.29, 0.717) is 0 Å². The molecule has 0 unspecified atom stereocenters. The lowest BCUT2D eigenvalue weighted by molar-refractivity contribution is -0.145. The average molecular weight is 720 g/mol. The molecule has 0 saturated carbocycles. The highest BCUT2D eigenvalue weighted by molar-refractivity contribution is 5.99. The molecule has 0 aromatic heterocycles. The zero-order chi connectivity index (χ0) is 38.9. The zero-order valence-corrected chi connectivity index (χ0v) is 26.9. The minimum Gasteiger partial charge on any atom is -0.481 e. The Balaban J connectivity index is 6.10. The van der Waals surface area contributed by atoms with Crippen LogP contribution in [0.4, 0.5) is 0 Å². The fraction of sp³-hybridized carbons (Fsp3) is 0.593. The number of nitrogens with two attached hydrogens (primary N) is 2. The smallest absolute Gasteiger partial charge is 0.326 e. The minimum atomic E-state index is -2.10. The quantitative estimate of drug-likeness (QED) is 0.0444. The average Bonchev–Trinajstić information content (AvgIpc) is 2.97. The number of aliphatic carboxylic acids is 5. The Bertz CT molecular complexity index is 1340. The molecular formula is C27H41N7O16. The number of hydrogen-bond acceptors (Lipinski definition) is 12. The molecule has 6 amide bonds. The lowest BCUT2D eigenvalue weighted by atomic mass is 10.0. The Labute approximate surface area is 282 Å². The van der Waals surface area contributed by atoms with Crippen LogP contribution >= 0.6 is 0 Å². The highest BCUT2D eigenvalue weighted by Gasteiger charge is 2.35. The third-order valence-electron chi connectivity index (χ3n) is 6.58. The van der Waals surface area contributed by atoms with Crippen molar-refractivity contribution in [2.24, 2.45) is 17.4 Å². The molecule has 0 aromatic rings. The number of hydrogen-bond donors (Lipinski definition) is 12. The van der Waals surface area contributed by atoms with E-state index in [1.807, 2.05) is 16.0 Å². The van der Waals surface area contributed by atoms with Crippen LogP contribution in [0.1, 0.15) is 58.8 Å². The Morgan fingerprint density at radius 3 is 1.22 bits per heavy atom. The van der Waals surface area contributed by atoms with Crippen molar-refractivity contribution in [3.8, 4) is 0 Å². The normalized spacial score (nSPS) is 14.3. The minimum absolute atomic E-state index is 0.288. The first kappa shape index (κ1) is 44.1. The molecule has 0 fully saturated rings. The summed E-state index contributed by atoms with van der Waals surface area (Å²) in [4.78, 5) is 132. The van der Waals surface area contributed by atoms with Gasteiger partial charge in [0.2, 0.25) is 35.4 Å². The molecule has 280 valence electrons. The highest BCUT2D eigenvalue weighted by atomic mass is 16.4. The van der Waals surface area contributed by atoms with Crippen LogP contribution in [0, 0.1) is 5.92 Å². The summed E-state index contributed by atoms with van der Waals surface area (Å²) in [5.41, 5.74) is 10.6. The van der Waals surface area contributed by atoms with E-state index in [9.17, 15) is 73.2 Å². The third kappa shape index (κ3) is 17.3. The van der Waals surface area contributed by atoms with Crippen LogP contribution in [-0.2, 0) is 52.7 Å². The van der Waals surface area contributed by atoms with Crippen molar-refractivity contribution in [3.63, 3.8) is 0 Å². The van der Waals surface area contributed by atoms with Crippen LogP contribution in [0.2, 0.25) is 0 Å². The summed E-state index contributed by atoms with van der Waals surface area (Å²) in [6.07, 6.45) is -5.24. The third-order valence-corrected chi connectivity index (χ3v) is 6.58. The topological polar surface area (TPSA) is 401 Å². The summed E-state index contributed by atoms with van der Waals surface area (Å²) < 4.78 is 0. The van der Waals surface area contributed by atoms with Gasteiger partial charge in [0.25, 0.3) is 0 Å². The molecule has 50 heavy (non-hydrogen) atoms. The molecule has 23 heteroatoms. The number of carboxylic acids is 5. The monoisotopic (exact) mass is 719 g/mol. The van der Waals surface area contributed by atoms with Crippen molar-refractivity contribution in [3.05, 3.63) is 0 Å². The van der Waals surface area contributed by atoms with Crippen molar-refractivity contribution in [2.45, 2.75) is 95.0 Å². The molecule has 0 aliphatic carbocycles. The van der Waals surface area contributed by atoms with Gasteiger partial charge in [-0.1, -0.05) is 13.8 Å². The van der Waals surface area contributed by atoms with Crippen LogP contribution in [0.3, 0.4) is 0 Å². The summed E-state index contributed by atoms with van der Waals surface area (Å²) >= 11 is 0. The molecule has 0 rings (SSSR count). The molecule has 14 N–H and O–H groups in total. The van der Waals surface area contributed by atoms with Crippen LogP contribution in [0.25, 0.3) is 0 Å². The van der Waals surface area contributed by atoms with Gasteiger partial charge in [0.05, 0.1) is 25.3 Å². The van der Waals surface area contributed by atoms with Crippen molar-refractivity contribution < 1.29 is 78.3 Å². The fourth-order valence-corrected chi connectivity index (χ4v) is 3.98. The van der Waals surface area contributed by atoms with Gasteiger partial charge in [-0.25, -0.2) is 4.79 Å². The van der Waals surface area contributed by atoms with E-state index in [-0.39, 0.29) is 12.8 Å². The van der Waals surface area contributed by atoms with Gasteiger partial charge in [0.15, 0.2) is 0 Å². The molecule has 0 aliphatic heterocycles. The van der Waals surface area contributed by atoms with Crippen LogP contribution in [0.15, 0.2) is 0 Å². The second-order valence-electron chi connectivity index (χ2n) is 11.2. The van der Waals surface area contributed by atoms with E-state index in [2.05, 4.69) is 10.6 Å². The van der Waals surface area contributed by atoms with E-state index >= 15 is 0 Å². The fourth-order valence-electron chi connectivity index (χ4n) is 3.98. The number of carboxylic acid groups (broad SMARTS) is 5. The van der Waals surface area contributed by atoms with Gasteiger partial charge in [0, 0.05) is 12.8 Å². The first-order valence-corrected chi connectivity index (χ1v) is 14.7. The van der Waals surface area contributed by atoms with Gasteiger partial charge in [-0.05, 0) is 18.8 Å². The standard InChI is InChI=1S/C27H41N7O16/c1-10(2)21(26(48)30-12(27(49)50)4-6-17(36)37)34-25(47)15(9-20(42)43)33-24(46)14(8-19(40)41)32-23(45)13(7-18(38)39)31-22(44)11(28)3-5-16(29)35/h10-15,21H,3-9,28H2,1-2H3,(H2,29,35)(H,30,48)(H,31,44)(H,32,45)(H,33,46)(H,34,47)(H,36,37)(H,38,39)(H,40,41)(H,42,43)(H,49,50)/t11-,12-,13-,14-,15-,21-/m0/s1. The van der Waals surface area contributed by atoms with E-state index < -0.39 is 140 Å². The van der Waals surface area contributed by atoms with Crippen molar-refractivity contribution in [2.75, 3.05) is 0 Å². The Hall–Kier alpha value is -5.87. The van der Waals surface area contributed by atoms with Gasteiger partial charge < -0.3 is 63.6 Å². The molecule has 23 nitrogen and oxygen atoms in total. The van der Waals surface area contributed by atoms with Crippen molar-refractivity contribution in [1.82, 2.24) is 26.6 Å². The molecule has 0 spiro atoms. The number of nitrogens with one attached hydrogen (secondary N) is 5. The number of carbonyl (C=O) groups is 11. The van der Waals surface area contributed by atoms with E-state index in [0.717, 1.165) is 0 Å². The van der Waals surface area contributed by atoms with E-state index in [1.54, 1.807) is 0 Å². The SMILES string of the molecule is CC(C)[C@H](NC(=O)[C@H](CC(=O)O)NC(=O)[C@H](CC(=O)O)NC(=O)[C@H](CC(=O)O)NC(=O)[C@@H](N)CCC(N)=O)C(=O)N[C@@H](CCC(=O)O)C(=O)O. The Morgan fingerprint density at radius 1 is 0.500 bits per heavy atom. The Kier molecular flexibility index (Phi) is 18.7. The van der Waals surface area contributed by atoms with Gasteiger partial charge in [-0.2, -0.15) is 0 Å². The summed E-state index contributed by atoms with van der Waals surface area (Å²) in [5, 5.41) is 56.1. The first-order valence-electron chi connectivity index (χ1n) is 14.7. The number of primary amides is 1. The summed E-state index contributed by atoms with van der Waals surface area (Å²) in [6, 6.07) is -10.8. The van der Waals surface area contributed by atoms with E-state index in [4.69, 9.17) is 16.6 Å². The van der Waals surface area contributed by atoms with E-state index in [1.165, 1.54) is 13.8 Å². The number of amides is 6. The second-order valence-corrected chi connectivity index (χ2v) is 11.2. The molecule has 0 aromatic carbocycles.